The molecule has 2 aliphatic heterocycles. The molecule has 0 spiro atoms. The topological polar surface area (TPSA) is 69.3 Å². The van der Waals surface area contributed by atoms with E-state index in [1.54, 1.807) is 0 Å². The maximum Gasteiger partial charge on any atom is 0.234 e. The molecule has 144 valence electrons. The molecule has 29 heavy (non-hydrogen) atoms. The molecule has 0 radical (unpaired) electrons. The lowest BCUT2D eigenvalue weighted by Crippen LogP contribution is -2.22. The van der Waals surface area contributed by atoms with Gasteiger partial charge in [-0.05, 0) is 48.9 Å². The molecule has 5 rings (SSSR count). The van der Waals surface area contributed by atoms with Gasteiger partial charge in [0.15, 0.2) is 10.8 Å². The molecule has 3 heterocycles. The number of amidine groups is 1. The molecule has 0 bridgehead atoms. The number of nitrogens with zero attached hydrogens (tertiary/aromatic N) is 7. The highest BCUT2D eigenvalue weighted by Gasteiger charge is 2.26. The van der Waals surface area contributed by atoms with Gasteiger partial charge in [0.05, 0.1) is 11.4 Å². The maximum atomic E-state index is 4.74. The Kier molecular flexibility index (Phi) is 4.92. The van der Waals surface area contributed by atoms with Crippen molar-refractivity contribution >= 4 is 39.8 Å². The Morgan fingerprint density at radius 2 is 1.55 bits per heavy atom. The number of benzene rings is 2. The Morgan fingerprint density at radius 3 is 2.31 bits per heavy atom. The van der Waals surface area contributed by atoms with Crippen LogP contribution in [0, 0.1) is 0 Å². The first-order valence-corrected chi connectivity index (χ1v) is 10.4. The molecule has 2 aliphatic rings. The van der Waals surface area contributed by atoms with Crippen LogP contribution in [-0.2, 0) is 0 Å². The number of thioether (sulfide) groups is 1. The van der Waals surface area contributed by atoms with Crippen molar-refractivity contribution in [3.63, 3.8) is 0 Å². The number of hydrazone groups is 1. The minimum atomic E-state index is 0.522. The van der Waals surface area contributed by atoms with Gasteiger partial charge in [-0.2, -0.15) is 0 Å². The number of fused-ring (bicyclic) bond motifs is 1. The Labute approximate surface area is 173 Å². The smallest absolute Gasteiger partial charge is 0.234 e. The van der Waals surface area contributed by atoms with E-state index in [0.29, 0.717) is 5.17 Å². The number of rotatable bonds is 3. The summed E-state index contributed by atoms with van der Waals surface area (Å²) in [6.07, 6.45) is 2.39. The van der Waals surface area contributed by atoms with Crippen LogP contribution in [0.5, 0.6) is 0 Å². The number of hydrogen-bond donors (Lipinski definition) is 0. The van der Waals surface area contributed by atoms with Gasteiger partial charge in [0.2, 0.25) is 5.17 Å². The Balaban J connectivity index is 1.52. The van der Waals surface area contributed by atoms with Gasteiger partial charge in [0, 0.05) is 19.2 Å². The second-order valence-electron chi connectivity index (χ2n) is 6.75. The van der Waals surface area contributed by atoms with E-state index in [1.165, 1.54) is 24.6 Å². The van der Waals surface area contributed by atoms with E-state index in [1.807, 2.05) is 65.7 Å². The van der Waals surface area contributed by atoms with Crippen molar-refractivity contribution in [2.24, 2.45) is 15.3 Å². The Hall–Kier alpha value is -3.26. The molecular weight excluding hydrogens is 382 g/mol. The van der Waals surface area contributed by atoms with E-state index in [-0.39, 0.29) is 0 Å². The molecule has 3 aromatic rings. The van der Waals surface area contributed by atoms with Gasteiger partial charge in [-0.1, -0.05) is 36.4 Å². The second kappa shape index (κ2) is 8.00. The molecule has 0 unspecified atom stereocenters. The first-order valence-electron chi connectivity index (χ1n) is 9.58. The molecule has 0 N–H and O–H groups in total. The molecule has 0 aliphatic carbocycles. The van der Waals surface area contributed by atoms with Crippen molar-refractivity contribution in [3.05, 3.63) is 66.7 Å². The summed E-state index contributed by atoms with van der Waals surface area (Å²) in [5, 5.41) is 25.5. The van der Waals surface area contributed by atoms with Crippen molar-refractivity contribution in [1.29, 1.82) is 0 Å². The fourth-order valence-corrected chi connectivity index (χ4v) is 4.04. The van der Waals surface area contributed by atoms with Crippen LogP contribution in [0.4, 0.5) is 22.9 Å². The predicted octanol–water partition coefficient (Wildman–Crippen LogP) is 5.38. The zero-order chi connectivity index (χ0) is 19.5. The van der Waals surface area contributed by atoms with Gasteiger partial charge >= 0.3 is 0 Å². The number of hydrogen-bond acceptors (Lipinski definition) is 8. The predicted molar refractivity (Wildman–Crippen MR) is 116 cm³/mol. The van der Waals surface area contributed by atoms with Crippen LogP contribution < -0.4 is 9.91 Å². The van der Waals surface area contributed by atoms with Crippen molar-refractivity contribution in [1.82, 2.24) is 10.2 Å². The third-order valence-electron chi connectivity index (χ3n) is 4.77. The van der Waals surface area contributed by atoms with Gasteiger partial charge < -0.3 is 4.90 Å². The van der Waals surface area contributed by atoms with E-state index >= 15 is 0 Å². The third kappa shape index (κ3) is 3.84. The van der Waals surface area contributed by atoms with E-state index in [9.17, 15) is 0 Å². The number of azo groups is 1. The minimum absolute atomic E-state index is 0.522. The Bertz CT molecular complexity index is 1050. The molecule has 0 saturated carbocycles. The first-order chi connectivity index (χ1) is 14.4. The second-order valence-corrected chi connectivity index (χ2v) is 7.71. The monoisotopic (exact) mass is 401 g/mol. The lowest BCUT2D eigenvalue weighted by atomic mass is 10.3. The molecule has 1 aromatic heterocycles. The van der Waals surface area contributed by atoms with Gasteiger partial charge in [0.25, 0.3) is 0 Å². The van der Waals surface area contributed by atoms with Crippen molar-refractivity contribution in [2.75, 3.05) is 23.0 Å². The molecule has 8 heteroatoms. The summed E-state index contributed by atoms with van der Waals surface area (Å²) in [4.78, 5) is 2.27. The molecule has 1 fully saturated rings. The molecule has 0 amide bonds. The van der Waals surface area contributed by atoms with Gasteiger partial charge in [0.1, 0.15) is 5.69 Å². The highest BCUT2D eigenvalue weighted by molar-refractivity contribution is 8.14. The summed E-state index contributed by atoms with van der Waals surface area (Å²) >= 11 is 1.38. The molecule has 1 saturated heterocycles. The summed E-state index contributed by atoms with van der Waals surface area (Å²) in [6.45, 7) is 2.04. The summed E-state index contributed by atoms with van der Waals surface area (Å²) in [7, 11) is 0. The van der Waals surface area contributed by atoms with Crippen LogP contribution in [0.2, 0.25) is 0 Å². The highest BCUT2D eigenvalue weighted by atomic mass is 32.2. The highest BCUT2D eigenvalue weighted by Crippen LogP contribution is 2.40. The van der Waals surface area contributed by atoms with Crippen LogP contribution in [0.1, 0.15) is 12.8 Å². The zero-order valence-corrected chi connectivity index (χ0v) is 16.5. The summed E-state index contributed by atoms with van der Waals surface area (Å²) in [5.41, 5.74) is 2.64. The summed E-state index contributed by atoms with van der Waals surface area (Å²) < 4.78 is 0. The first kappa shape index (κ1) is 17.8. The van der Waals surface area contributed by atoms with E-state index < -0.39 is 0 Å². The standard InChI is InChI=1S/C21H19N7S/c1-3-9-16(10-4-1)22-25-21-26-28(17-11-5-2-6-12-17)18-15-19(23-24-20(18)29-21)27-13-7-8-14-27/h1-6,9-12,15H,7-8,13-14H2. The van der Waals surface area contributed by atoms with E-state index in [0.717, 1.165) is 41.0 Å². The number of para-hydroxylation sites is 1. The largest absolute Gasteiger partial charge is 0.355 e. The normalized spacial score (nSPS) is 16.2. The van der Waals surface area contributed by atoms with Gasteiger partial charge in [-0.15, -0.1) is 25.5 Å². The fourth-order valence-electron chi connectivity index (χ4n) is 3.33. The fraction of sp³-hybridized carbons (Fsp3) is 0.190. The maximum absolute atomic E-state index is 4.74. The molecule has 0 atom stereocenters. The summed E-state index contributed by atoms with van der Waals surface area (Å²) in [5.74, 6) is 0.896. The zero-order valence-electron chi connectivity index (χ0n) is 15.7. The van der Waals surface area contributed by atoms with Gasteiger partial charge in [-0.3, -0.25) is 0 Å². The minimum Gasteiger partial charge on any atom is -0.355 e. The van der Waals surface area contributed by atoms with Crippen LogP contribution in [0.3, 0.4) is 0 Å². The van der Waals surface area contributed by atoms with Crippen LogP contribution in [0.25, 0.3) is 0 Å². The molecular formula is C21H19N7S. The van der Waals surface area contributed by atoms with E-state index in [4.69, 9.17) is 5.10 Å². The van der Waals surface area contributed by atoms with Gasteiger partial charge in [-0.25, -0.2) is 5.01 Å². The average Bonchev–Trinajstić information content (AvgIpc) is 3.33. The van der Waals surface area contributed by atoms with Crippen molar-refractivity contribution < 1.29 is 0 Å². The van der Waals surface area contributed by atoms with Crippen LogP contribution in [-0.4, -0.2) is 28.5 Å². The number of aromatic nitrogens is 2. The van der Waals surface area contributed by atoms with Crippen LogP contribution in [0.15, 0.2) is 87.1 Å². The molecule has 7 nitrogen and oxygen atoms in total. The van der Waals surface area contributed by atoms with E-state index in [2.05, 4.69) is 31.4 Å². The summed E-state index contributed by atoms with van der Waals surface area (Å²) in [6, 6.07) is 21.7. The lowest BCUT2D eigenvalue weighted by Gasteiger charge is -2.26. The van der Waals surface area contributed by atoms with Crippen LogP contribution >= 0.6 is 11.8 Å². The molecule has 2 aromatic carbocycles. The average molecular weight is 401 g/mol. The Morgan fingerprint density at radius 1 is 0.828 bits per heavy atom. The van der Waals surface area contributed by atoms with Crippen molar-refractivity contribution in [3.8, 4) is 0 Å². The third-order valence-corrected chi connectivity index (χ3v) is 5.60. The lowest BCUT2D eigenvalue weighted by molar-refractivity contribution is 0.845. The quantitative estimate of drug-likeness (QED) is 0.552. The SMILES string of the molecule is c1ccc(N=NC2=NN(c3ccccc3)c3cc(N4CCCC4)nnc3S2)cc1. The number of anilines is 3. The van der Waals surface area contributed by atoms with Crippen molar-refractivity contribution in [2.45, 2.75) is 17.9 Å².